The summed E-state index contributed by atoms with van der Waals surface area (Å²) in [6.07, 6.45) is 0.112. The molecule has 142 valence electrons. The fourth-order valence-corrected chi connectivity index (χ4v) is 4.07. The van der Waals surface area contributed by atoms with Crippen molar-refractivity contribution in [3.8, 4) is 0 Å². The molecule has 5 nitrogen and oxygen atoms in total. The second kappa shape index (κ2) is 7.77. The number of aromatic amines is 1. The van der Waals surface area contributed by atoms with E-state index in [2.05, 4.69) is 15.3 Å². The third-order valence-electron chi connectivity index (χ3n) is 4.49. The number of nitrogens with zero attached hydrogens (tertiary/aromatic N) is 1. The molecule has 2 aromatic carbocycles. The van der Waals surface area contributed by atoms with E-state index in [0.717, 1.165) is 5.56 Å². The van der Waals surface area contributed by atoms with Crippen LogP contribution in [-0.2, 0) is 10.5 Å². The summed E-state index contributed by atoms with van der Waals surface area (Å²) in [7, 11) is 0. The molecule has 8 heteroatoms. The average molecular weight is 416 g/mol. The Bertz CT molecular complexity index is 1080. The van der Waals surface area contributed by atoms with Crippen LogP contribution in [0.25, 0.3) is 0 Å². The molecule has 0 bridgehead atoms. The number of carbonyl (C=O) groups excluding carboxylic acids is 1. The number of anilines is 1. The average Bonchev–Trinajstić information content (AvgIpc) is 2.67. The molecule has 0 radical (unpaired) electrons. The van der Waals surface area contributed by atoms with Gasteiger partial charge in [-0.25, -0.2) is 9.37 Å². The fourth-order valence-electron chi connectivity index (χ4n) is 3.13. The van der Waals surface area contributed by atoms with Gasteiger partial charge in [0.1, 0.15) is 11.6 Å². The van der Waals surface area contributed by atoms with Gasteiger partial charge >= 0.3 is 0 Å². The summed E-state index contributed by atoms with van der Waals surface area (Å²) in [5, 5.41) is 3.75. The molecule has 1 aromatic heterocycles. The zero-order valence-corrected chi connectivity index (χ0v) is 16.1. The predicted molar refractivity (Wildman–Crippen MR) is 107 cm³/mol. The maximum absolute atomic E-state index is 13.2. The number of amides is 1. The van der Waals surface area contributed by atoms with Crippen molar-refractivity contribution in [2.24, 2.45) is 0 Å². The van der Waals surface area contributed by atoms with Crippen LogP contribution in [0, 0.1) is 5.82 Å². The molecule has 0 aliphatic carbocycles. The Morgan fingerprint density at radius 3 is 2.54 bits per heavy atom. The third kappa shape index (κ3) is 3.95. The van der Waals surface area contributed by atoms with Crippen molar-refractivity contribution in [2.75, 3.05) is 5.32 Å². The molecule has 1 aliphatic heterocycles. The van der Waals surface area contributed by atoms with Gasteiger partial charge in [-0.15, -0.1) is 0 Å². The molecule has 2 heterocycles. The summed E-state index contributed by atoms with van der Waals surface area (Å²) in [4.78, 5) is 32.1. The van der Waals surface area contributed by atoms with Crippen molar-refractivity contribution in [1.29, 1.82) is 0 Å². The largest absolute Gasteiger partial charge is 0.310 e. The van der Waals surface area contributed by atoms with Gasteiger partial charge in [0.05, 0.1) is 5.56 Å². The highest BCUT2D eigenvalue weighted by Gasteiger charge is 2.30. The first kappa shape index (κ1) is 18.7. The van der Waals surface area contributed by atoms with Crippen LogP contribution in [0.5, 0.6) is 0 Å². The molecule has 1 unspecified atom stereocenters. The van der Waals surface area contributed by atoms with Crippen LogP contribution < -0.4 is 10.9 Å². The van der Waals surface area contributed by atoms with Crippen molar-refractivity contribution < 1.29 is 9.18 Å². The van der Waals surface area contributed by atoms with Gasteiger partial charge in [0.15, 0.2) is 5.16 Å². The van der Waals surface area contributed by atoms with Crippen LogP contribution in [0.2, 0.25) is 5.02 Å². The Hall–Kier alpha value is -2.64. The highest BCUT2D eigenvalue weighted by Crippen LogP contribution is 2.34. The molecule has 0 saturated heterocycles. The van der Waals surface area contributed by atoms with Crippen LogP contribution in [0.15, 0.2) is 58.5 Å². The van der Waals surface area contributed by atoms with Crippen molar-refractivity contribution >= 4 is 35.1 Å². The van der Waals surface area contributed by atoms with Crippen molar-refractivity contribution in [3.63, 3.8) is 0 Å². The number of halogens is 2. The molecule has 1 aliphatic rings. The van der Waals surface area contributed by atoms with Gasteiger partial charge in [-0.3, -0.25) is 9.59 Å². The maximum atomic E-state index is 13.2. The Morgan fingerprint density at radius 2 is 1.82 bits per heavy atom. The molecule has 4 rings (SSSR count). The maximum Gasteiger partial charge on any atom is 0.257 e. The van der Waals surface area contributed by atoms with E-state index in [0.29, 0.717) is 27.1 Å². The van der Waals surface area contributed by atoms with Gasteiger partial charge in [-0.05, 0) is 35.4 Å². The van der Waals surface area contributed by atoms with Gasteiger partial charge in [-0.1, -0.05) is 47.6 Å². The van der Waals surface area contributed by atoms with Crippen molar-refractivity contribution in [1.82, 2.24) is 9.97 Å². The lowest BCUT2D eigenvalue weighted by Gasteiger charge is -2.24. The number of hydrogen-bond acceptors (Lipinski definition) is 4. The number of fused-ring (bicyclic) bond motifs is 1. The van der Waals surface area contributed by atoms with E-state index in [1.807, 2.05) is 12.1 Å². The molecule has 0 saturated carbocycles. The van der Waals surface area contributed by atoms with E-state index in [1.165, 1.54) is 23.9 Å². The topological polar surface area (TPSA) is 74.8 Å². The number of benzene rings is 2. The molecule has 0 spiro atoms. The molecule has 28 heavy (non-hydrogen) atoms. The number of H-pyrrole nitrogens is 1. The molecule has 1 atom stereocenters. The minimum atomic E-state index is -0.462. The Labute approximate surface area is 169 Å². The first-order valence-electron chi connectivity index (χ1n) is 8.56. The van der Waals surface area contributed by atoms with Crippen LogP contribution in [0.1, 0.15) is 29.0 Å². The molecule has 1 amide bonds. The lowest BCUT2D eigenvalue weighted by atomic mass is 9.87. The first-order chi connectivity index (χ1) is 13.5. The Balaban J connectivity index is 1.63. The number of hydrogen-bond donors (Lipinski definition) is 2. The van der Waals surface area contributed by atoms with E-state index in [4.69, 9.17) is 11.6 Å². The Morgan fingerprint density at radius 1 is 1.11 bits per heavy atom. The second-order valence-electron chi connectivity index (χ2n) is 6.40. The zero-order valence-electron chi connectivity index (χ0n) is 14.5. The quantitative estimate of drug-likeness (QED) is 0.491. The molecular weight excluding hydrogens is 401 g/mol. The summed E-state index contributed by atoms with van der Waals surface area (Å²) in [6.45, 7) is 0. The summed E-state index contributed by atoms with van der Waals surface area (Å²) in [5.41, 5.74) is 1.81. The summed E-state index contributed by atoms with van der Waals surface area (Å²) < 4.78 is 13.2. The minimum Gasteiger partial charge on any atom is -0.310 e. The summed E-state index contributed by atoms with van der Waals surface area (Å²) in [6, 6.07) is 13.2. The summed E-state index contributed by atoms with van der Waals surface area (Å²) in [5.74, 6) is -0.212. The van der Waals surface area contributed by atoms with Crippen molar-refractivity contribution in [2.45, 2.75) is 23.2 Å². The first-order valence-corrected chi connectivity index (χ1v) is 9.93. The molecule has 2 N–H and O–H groups in total. The number of nitrogens with one attached hydrogen (secondary N) is 2. The van der Waals surface area contributed by atoms with E-state index in [-0.39, 0.29) is 29.5 Å². The standard InChI is InChI=1S/C20H15ClFN3O2S/c21-13-5-1-11(2-6-13)10-28-20-24-18-17(19(27)25-20)15(9-16(26)23-18)12-3-7-14(22)8-4-12/h1-8,15H,9-10H2,(H2,23,24,25,26,27). The van der Waals surface area contributed by atoms with Crippen molar-refractivity contribution in [3.05, 3.63) is 86.4 Å². The van der Waals surface area contributed by atoms with Gasteiger partial charge in [0, 0.05) is 23.1 Å². The molecule has 3 aromatic rings. The smallest absolute Gasteiger partial charge is 0.257 e. The van der Waals surface area contributed by atoms with E-state index < -0.39 is 5.92 Å². The normalized spacial score (nSPS) is 15.8. The summed E-state index contributed by atoms with van der Waals surface area (Å²) >= 11 is 7.24. The number of carbonyl (C=O) groups is 1. The monoisotopic (exact) mass is 415 g/mol. The molecular formula is C20H15ClFN3O2S. The van der Waals surface area contributed by atoms with Gasteiger partial charge < -0.3 is 10.3 Å². The highest BCUT2D eigenvalue weighted by atomic mass is 35.5. The molecule has 0 fully saturated rings. The van der Waals surface area contributed by atoms with E-state index in [9.17, 15) is 14.0 Å². The minimum absolute atomic E-state index is 0.112. The highest BCUT2D eigenvalue weighted by molar-refractivity contribution is 7.98. The third-order valence-corrected chi connectivity index (χ3v) is 5.69. The fraction of sp³-hybridized carbons (Fsp3) is 0.150. The van der Waals surface area contributed by atoms with E-state index in [1.54, 1.807) is 24.3 Å². The lowest BCUT2D eigenvalue weighted by Crippen LogP contribution is -2.31. The number of aromatic nitrogens is 2. The predicted octanol–water partition coefficient (Wildman–Crippen LogP) is 4.33. The van der Waals surface area contributed by atoms with E-state index >= 15 is 0 Å². The van der Waals surface area contributed by atoms with Crippen LogP contribution in [0.4, 0.5) is 10.2 Å². The SMILES string of the molecule is O=C1CC(c2ccc(F)cc2)c2c(nc(SCc3ccc(Cl)cc3)[nH]c2=O)N1. The van der Waals surface area contributed by atoms with Gasteiger partial charge in [0.25, 0.3) is 5.56 Å². The van der Waals surface area contributed by atoms with Crippen LogP contribution in [0.3, 0.4) is 0 Å². The second-order valence-corrected chi connectivity index (χ2v) is 7.81. The van der Waals surface area contributed by atoms with Gasteiger partial charge in [0.2, 0.25) is 5.91 Å². The lowest BCUT2D eigenvalue weighted by molar-refractivity contribution is -0.116. The number of thioether (sulfide) groups is 1. The van der Waals surface area contributed by atoms with Crippen LogP contribution in [-0.4, -0.2) is 15.9 Å². The van der Waals surface area contributed by atoms with Gasteiger partial charge in [-0.2, -0.15) is 0 Å². The number of rotatable bonds is 4. The Kier molecular flexibility index (Phi) is 5.19. The van der Waals surface area contributed by atoms with Crippen LogP contribution >= 0.6 is 23.4 Å². The zero-order chi connectivity index (χ0) is 19.7.